The monoisotopic (exact) mass is 258 g/mol. The van der Waals surface area contributed by atoms with E-state index in [0.29, 0.717) is 11.7 Å². The summed E-state index contributed by atoms with van der Waals surface area (Å²) in [6.07, 6.45) is 4.70. The molecule has 1 aromatic carbocycles. The minimum Gasteiger partial charge on any atom is -0.508 e. The summed E-state index contributed by atoms with van der Waals surface area (Å²) in [5.74, 6) is 1.71. The van der Waals surface area contributed by atoms with Crippen LogP contribution in [-0.4, -0.2) is 26.4 Å². The topological polar surface area (TPSA) is 58.3 Å². The Morgan fingerprint density at radius 3 is 3.05 bits per heavy atom. The first-order valence-corrected chi connectivity index (χ1v) is 6.68. The van der Waals surface area contributed by atoms with Crippen LogP contribution in [0.15, 0.2) is 30.5 Å². The highest BCUT2D eigenvalue weighted by Crippen LogP contribution is 2.21. The smallest absolute Gasteiger partial charge is 0.115 e. The summed E-state index contributed by atoms with van der Waals surface area (Å²) in [5, 5.41) is 18.7. The van der Waals surface area contributed by atoms with E-state index in [9.17, 15) is 10.2 Å². The van der Waals surface area contributed by atoms with Crippen molar-refractivity contribution in [3.05, 3.63) is 47.5 Å². The van der Waals surface area contributed by atoms with E-state index in [1.165, 1.54) is 0 Å². The molecule has 1 atom stereocenters. The first kappa shape index (κ1) is 12.2. The molecule has 0 saturated heterocycles. The van der Waals surface area contributed by atoms with Crippen LogP contribution in [0.25, 0.3) is 0 Å². The van der Waals surface area contributed by atoms with Crippen LogP contribution < -0.4 is 0 Å². The third-order valence-electron chi connectivity index (χ3n) is 3.71. The third kappa shape index (κ3) is 2.63. The van der Waals surface area contributed by atoms with Crippen molar-refractivity contribution >= 4 is 0 Å². The van der Waals surface area contributed by atoms with Gasteiger partial charge in [-0.25, -0.2) is 4.98 Å². The quantitative estimate of drug-likeness (QED) is 0.881. The molecule has 4 nitrogen and oxygen atoms in total. The fourth-order valence-corrected chi connectivity index (χ4v) is 2.67. The van der Waals surface area contributed by atoms with E-state index in [1.54, 1.807) is 12.1 Å². The molecule has 4 heteroatoms. The average molecular weight is 258 g/mol. The molecule has 0 amide bonds. The Labute approximate surface area is 112 Å². The number of phenols is 1. The Kier molecular flexibility index (Phi) is 3.25. The van der Waals surface area contributed by atoms with Crippen LogP contribution in [0.4, 0.5) is 0 Å². The Bertz CT molecular complexity index is 577. The van der Waals surface area contributed by atoms with Crippen LogP contribution in [0.1, 0.15) is 23.5 Å². The van der Waals surface area contributed by atoms with Gasteiger partial charge >= 0.3 is 0 Å². The molecule has 0 aliphatic carbocycles. The summed E-state index contributed by atoms with van der Waals surface area (Å²) in [6, 6.07) is 7.29. The van der Waals surface area contributed by atoms with Gasteiger partial charge in [-0.05, 0) is 30.0 Å². The number of aromatic hydroxyl groups is 1. The number of rotatable bonds is 3. The molecule has 2 N–H and O–H groups in total. The second-order valence-electron chi connectivity index (χ2n) is 5.23. The molecular weight excluding hydrogens is 240 g/mol. The van der Waals surface area contributed by atoms with Crippen molar-refractivity contribution in [1.82, 2.24) is 9.55 Å². The van der Waals surface area contributed by atoms with Gasteiger partial charge < -0.3 is 14.8 Å². The number of aliphatic hydroxyl groups is 1. The van der Waals surface area contributed by atoms with Crippen molar-refractivity contribution in [1.29, 1.82) is 0 Å². The normalized spacial score (nSPS) is 18.3. The summed E-state index contributed by atoms with van der Waals surface area (Å²) in [5.41, 5.74) is 2.09. The number of aliphatic hydroxyl groups excluding tert-OH is 1. The standard InChI is InChI=1S/C15H18N2O2/c18-10-12-4-5-17-9-13(16-15(17)8-12)6-11-2-1-3-14(19)7-11/h1-3,7,9,12,18-19H,4-6,8,10H2. The summed E-state index contributed by atoms with van der Waals surface area (Å²) >= 11 is 0. The van der Waals surface area contributed by atoms with E-state index in [-0.39, 0.29) is 6.61 Å². The molecule has 0 bridgehead atoms. The molecule has 0 fully saturated rings. The van der Waals surface area contributed by atoms with Gasteiger partial charge in [-0.15, -0.1) is 0 Å². The highest BCUT2D eigenvalue weighted by Gasteiger charge is 2.19. The minimum absolute atomic E-state index is 0.245. The summed E-state index contributed by atoms with van der Waals surface area (Å²) < 4.78 is 2.18. The fraction of sp³-hybridized carbons (Fsp3) is 0.400. The second kappa shape index (κ2) is 5.05. The predicted octanol–water partition coefficient (Wildman–Crippen LogP) is 1.73. The summed E-state index contributed by atoms with van der Waals surface area (Å²) in [6.45, 7) is 1.18. The lowest BCUT2D eigenvalue weighted by Crippen LogP contribution is -2.21. The Hall–Kier alpha value is -1.81. The molecule has 1 unspecified atom stereocenters. The number of fused-ring (bicyclic) bond motifs is 1. The fourth-order valence-electron chi connectivity index (χ4n) is 2.67. The Balaban J connectivity index is 1.78. The molecule has 0 spiro atoms. The van der Waals surface area contributed by atoms with E-state index in [4.69, 9.17) is 0 Å². The molecular formula is C15H18N2O2. The van der Waals surface area contributed by atoms with Crippen molar-refractivity contribution in [2.24, 2.45) is 5.92 Å². The molecule has 0 radical (unpaired) electrons. The lowest BCUT2D eigenvalue weighted by Gasteiger charge is -2.20. The Morgan fingerprint density at radius 1 is 1.37 bits per heavy atom. The molecule has 1 aromatic heterocycles. The summed E-state index contributed by atoms with van der Waals surface area (Å²) in [4.78, 5) is 4.64. The average Bonchev–Trinajstić information content (AvgIpc) is 2.79. The van der Waals surface area contributed by atoms with Crippen molar-refractivity contribution in [2.75, 3.05) is 6.61 Å². The minimum atomic E-state index is 0.245. The number of phenolic OH excluding ortho intramolecular Hbond substituents is 1. The van der Waals surface area contributed by atoms with Crippen LogP contribution in [-0.2, 0) is 19.4 Å². The van der Waals surface area contributed by atoms with Gasteiger partial charge in [-0.2, -0.15) is 0 Å². The number of imidazole rings is 1. The number of aromatic nitrogens is 2. The number of hydrogen-bond donors (Lipinski definition) is 2. The first-order chi connectivity index (χ1) is 9.24. The van der Waals surface area contributed by atoms with Crippen molar-refractivity contribution < 1.29 is 10.2 Å². The van der Waals surface area contributed by atoms with E-state index in [0.717, 1.165) is 42.9 Å². The largest absolute Gasteiger partial charge is 0.508 e. The molecule has 1 aliphatic heterocycles. The highest BCUT2D eigenvalue weighted by molar-refractivity contribution is 5.30. The van der Waals surface area contributed by atoms with E-state index in [1.807, 2.05) is 12.1 Å². The first-order valence-electron chi connectivity index (χ1n) is 6.68. The number of aryl methyl sites for hydroxylation is 1. The molecule has 3 rings (SSSR count). The van der Waals surface area contributed by atoms with Gasteiger partial charge in [0.05, 0.1) is 5.69 Å². The zero-order valence-corrected chi connectivity index (χ0v) is 10.8. The van der Waals surface area contributed by atoms with Gasteiger partial charge in [0.25, 0.3) is 0 Å². The SMILES string of the molecule is OCC1CCn2cc(Cc3cccc(O)c3)nc2C1. The predicted molar refractivity (Wildman–Crippen MR) is 72.0 cm³/mol. The van der Waals surface area contributed by atoms with Crippen molar-refractivity contribution in [3.63, 3.8) is 0 Å². The van der Waals surface area contributed by atoms with Gasteiger partial charge in [0, 0.05) is 32.2 Å². The second-order valence-corrected chi connectivity index (χ2v) is 5.23. The lowest BCUT2D eigenvalue weighted by atomic mass is 9.99. The maximum atomic E-state index is 9.47. The van der Waals surface area contributed by atoms with Crippen LogP contribution in [0.5, 0.6) is 5.75 Å². The van der Waals surface area contributed by atoms with Gasteiger partial charge in [-0.3, -0.25) is 0 Å². The van der Waals surface area contributed by atoms with Crippen LogP contribution in [0.2, 0.25) is 0 Å². The Morgan fingerprint density at radius 2 is 2.26 bits per heavy atom. The summed E-state index contributed by atoms with van der Waals surface area (Å²) in [7, 11) is 0. The van der Waals surface area contributed by atoms with E-state index < -0.39 is 0 Å². The van der Waals surface area contributed by atoms with E-state index >= 15 is 0 Å². The van der Waals surface area contributed by atoms with Crippen molar-refractivity contribution in [2.45, 2.75) is 25.8 Å². The van der Waals surface area contributed by atoms with Crippen molar-refractivity contribution in [3.8, 4) is 5.75 Å². The number of hydrogen-bond acceptors (Lipinski definition) is 3. The maximum absolute atomic E-state index is 9.47. The third-order valence-corrected chi connectivity index (χ3v) is 3.71. The molecule has 2 heterocycles. The molecule has 1 aliphatic rings. The van der Waals surface area contributed by atoms with Gasteiger partial charge in [-0.1, -0.05) is 12.1 Å². The van der Waals surface area contributed by atoms with Gasteiger partial charge in [0.15, 0.2) is 0 Å². The molecule has 2 aromatic rings. The number of benzene rings is 1. The zero-order valence-electron chi connectivity index (χ0n) is 10.8. The van der Waals surface area contributed by atoms with Crippen LogP contribution in [0.3, 0.4) is 0 Å². The maximum Gasteiger partial charge on any atom is 0.115 e. The van der Waals surface area contributed by atoms with Gasteiger partial charge in [0.1, 0.15) is 11.6 Å². The molecule has 19 heavy (non-hydrogen) atoms. The van der Waals surface area contributed by atoms with E-state index in [2.05, 4.69) is 15.7 Å². The lowest BCUT2D eigenvalue weighted by molar-refractivity contribution is 0.199. The zero-order chi connectivity index (χ0) is 13.2. The van der Waals surface area contributed by atoms with Crippen LogP contribution in [0, 0.1) is 5.92 Å². The highest BCUT2D eigenvalue weighted by atomic mass is 16.3. The van der Waals surface area contributed by atoms with Gasteiger partial charge in [0.2, 0.25) is 0 Å². The van der Waals surface area contributed by atoms with Crippen LogP contribution >= 0.6 is 0 Å². The molecule has 0 saturated carbocycles. The number of nitrogens with zero attached hydrogens (tertiary/aromatic N) is 2. The molecule has 100 valence electrons.